The number of amides is 1. The average molecular weight is 380 g/mol. The van der Waals surface area contributed by atoms with Crippen LogP contribution in [0, 0.1) is 5.92 Å². The van der Waals surface area contributed by atoms with Crippen molar-refractivity contribution in [3.05, 3.63) is 12.2 Å². The zero-order chi connectivity index (χ0) is 20.2. The van der Waals surface area contributed by atoms with Gasteiger partial charge in [-0.3, -0.25) is 20.2 Å². The van der Waals surface area contributed by atoms with Gasteiger partial charge in [0.25, 0.3) is 0 Å². The largest absolute Gasteiger partial charge is 0.445 e. The third kappa shape index (κ3) is 4.96. The molecule has 3 rings (SSSR count). The molecule has 0 saturated carbocycles. The fourth-order valence-electron chi connectivity index (χ4n) is 3.78. The molecule has 1 atom stereocenters. The standard InChI is InChI=1S/C20H33N3O4/c1-14(2)17(25)19(5)9-7-6-8-10-27-18(26)23-12-20(13-23,22-15(3)4)16(24)11-21-19/h6,8,14-15,21-22H,7,9-13H2,1-5H3/t19-/m1/s1. The molecule has 7 nitrogen and oxygen atoms in total. The van der Waals surface area contributed by atoms with Gasteiger partial charge in [0.05, 0.1) is 25.2 Å². The summed E-state index contributed by atoms with van der Waals surface area (Å²) in [7, 11) is 0. The highest BCUT2D eigenvalue weighted by Gasteiger charge is 2.51. The van der Waals surface area contributed by atoms with Gasteiger partial charge in [-0.15, -0.1) is 0 Å². The number of rotatable bonds is 4. The number of Topliss-reactive ketones (excluding diaryl/α,β-unsaturated/α-hetero) is 2. The smallest absolute Gasteiger partial charge is 0.410 e. The van der Waals surface area contributed by atoms with Crippen molar-refractivity contribution in [2.45, 2.75) is 64.6 Å². The van der Waals surface area contributed by atoms with Crippen LogP contribution in [0.4, 0.5) is 4.79 Å². The molecule has 0 aliphatic carbocycles. The second-order valence-corrected chi connectivity index (χ2v) is 8.45. The molecule has 0 radical (unpaired) electrons. The van der Waals surface area contributed by atoms with E-state index in [4.69, 9.17) is 4.74 Å². The molecular weight excluding hydrogens is 346 g/mol. The molecule has 152 valence electrons. The minimum absolute atomic E-state index is 0.0318. The lowest BCUT2D eigenvalue weighted by molar-refractivity contribution is -0.133. The molecular formula is C20H33N3O4. The van der Waals surface area contributed by atoms with Crippen LogP contribution in [0.15, 0.2) is 12.2 Å². The maximum absolute atomic E-state index is 13.0. The molecule has 1 fully saturated rings. The minimum atomic E-state index is -0.790. The van der Waals surface area contributed by atoms with Gasteiger partial charge in [0.2, 0.25) is 0 Å². The van der Waals surface area contributed by atoms with E-state index in [1.807, 2.05) is 40.7 Å². The molecule has 2 N–H and O–H groups in total. The predicted molar refractivity (Wildman–Crippen MR) is 104 cm³/mol. The number of carbonyl (C=O) groups excluding carboxylic acids is 3. The van der Waals surface area contributed by atoms with E-state index in [1.54, 1.807) is 6.08 Å². The molecule has 1 amide bonds. The third-order valence-electron chi connectivity index (χ3n) is 5.27. The van der Waals surface area contributed by atoms with Crippen LogP contribution in [0.2, 0.25) is 0 Å². The zero-order valence-corrected chi connectivity index (χ0v) is 17.1. The first-order valence-electron chi connectivity index (χ1n) is 9.77. The molecule has 0 aromatic rings. The summed E-state index contributed by atoms with van der Waals surface area (Å²) in [6.07, 6.45) is 4.55. The molecule has 0 aromatic carbocycles. The molecule has 1 saturated heterocycles. The van der Waals surface area contributed by atoms with Crippen molar-refractivity contribution >= 4 is 17.7 Å². The first-order chi connectivity index (χ1) is 12.6. The van der Waals surface area contributed by atoms with Gasteiger partial charge in [-0.2, -0.15) is 0 Å². The van der Waals surface area contributed by atoms with E-state index in [-0.39, 0.29) is 49.8 Å². The third-order valence-corrected chi connectivity index (χ3v) is 5.27. The molecule has 0 spiro atoms. The average Bonchev–Trinajstić information content (AvgIpc) is 2.56. The van der Waals surface area contributed by atoms with Gasteiger partial charge >= 0.3 is 6.09 Å². The number of hydrogen-bond acceptors (Lipinski definition) is 6. The number of hydrogen-bond donors (Lipinski definition) is 2. The highest BCUT2D eigenvalue weighted by molar-refractivity contribution is 5.95. The highest BCUT2D eigenvalue weighted by atomic mass is 16.6. The fraction of sp³-hybridized carbons (Fsp3) is 0.750. The Morgan fingerprint density at radius 2 is 1.89 bits per heavy atom. The summed E-state index contributed by atoms with van der Waals surface area (Å²) in [4.78, 5) is 39.4. The van der Waals surface area contributed by atoms with E-state index in [0.29, 0.717) is 12.8 Å². The lowest BCUT2D eigenvalue weighted by Gasteiger charge is -2.50. The number of nitrogens with zero attached hydrogens (tertiary/aromatic N) is 1. The lowest BCUT2D eigenvalue weighted by Crippen LogP contribution is -2.76. The van der Waals surface area contributed by atoms with E-state index >= 15 is 0 Å². The van der Waals surface area contributed by atoms with E-state index < -0.39 is 17.2 Å². The molecule has 3 aliphatic heterocycles. The van der Waals surface area contributed by atoms with Crippen molar-refractivity contribution in [1.29, 1.82) is 0 Å². The van der Waals surface area contributed by atoms with Crippen molar-refractivity contribution in [3.63, 3.8) is 0 Å². The van der Waals surface area contributed by atoms with Crippen LogP contribution in [0.5, 0.6) is 0 Å². The van der Waals surface area contributed by atoms with Gasteiger partial charge in [0.15, 0.2) is 11.6 Å². The summed E-state index contributed by atoms with van der Waals surface area (Å²) in [5, 5.41) is 6.55. The quantitative estimate of drug-likeness (QED) is 0.723. The number of ether oxygens (including phenoxy) is 1. The van der Waals surface area contributed by atoms with Gasteiger partial charge in [0, 0.05) is 12.0 Å². The highest BCUT2D eigenvalue weighted by Crippen LogP contribution is 2.25. The van der Waals surface area contributed by atoms with Gasteiger partial charge in [-0.05, 0) is 33.6 Å². The van der Waals surface area contributed by atoms with Crippen LogP contribution in [0.25, 0.3) is 0 Å². The summed E-state index contributed by atoms with van der Waals surface area (Å²) >= 11 is 0. The monoisotopic (exact) mass is 379 g/mol. The predicted octanol–water partition coefficient (Wildman–Crippen LogP) is 1.67. The molecule has 3 aliphatic rings. The molecule has 3 heterocycles. The second-order valence-electron chi connectivity index (χ2n) is 8.45. The normalized spacial score (nSPS) is 30.1. The van der Waals surface area contributed by atoms with Crippen LogP contribution in [-0.2, 0) is 14.3 Å². The number of nitrogens with one attached hydrogen (secondary N) is 2. The number of fused-ring (bicyclic) bond motifs is 9. The molecule has 0 aromatic heterocycles. The summed E-state index contributed by atoms with van der Waals surface area (Å²) in [5.74, 6) is -0.0534. The van der Waals surface area contributed by atoms with Crippen LogP contribution in [-0.4, -0.2) is 65.9 Å². The Bertz CT molecular complexity index is 608. The summed E-state index contributed by atoms with van der Waals surface area (Å²) in [5.41, 5.74) is -1.56. The summed E-state index contributed by atoms with van der Waals surface area (Å²) in [6, 6.07) is 0.0950. The van der Waals surface area contributed by atoms with Crippen LogP contribution in [0.3, 0.4) is 0 Å². The first-order valence-corrected chi connectivity index (χ1v) is 9.77. The molecule has 0 unspecified atom stereocenters. The molecule has 7 heteroatoms. The maximum Gasteiger partial charge on any atom is 0.410 e. The van der Waals surface area contributed by atoms with Gasteiger partial charge in [-0.25, -0.2) is 4.79 Å². The van der Waals surface area contributed by atoms with E-state index in [2.05, 4.69) is 10.6 Å². The zero-order valence-electron chi connectivity index (χ0n) is 17.1. The number of ketones is 2. The lowest BCUT2D eigenvalue weighted by atomic mass is 9.82. The van der Waals surface area contributed by atoms with Gasteiger partial charge in [0.1, 0.15) is 12.1 Å². The van der Waals surface area contributed by atoms with Gasteiger partial charge < -0.3 is 9.64 Å². The van der Waals surface area contributed by atoms with Crippen LogP contribution < -0.4 is 10.6 Å². The Hall–Kier alpha value is -1.73. The minimum Gasteiger partial charge on any atom is -0.445 e. The van der Waals surface area contributed by atoms with E-state index in [1.165, 1.54) is 4.90 Å². The van der Waals surface area contributed by atoms with Crippen molar-refractivity contribution in [3.8, 4) is 0 Å². The Kier molecular flexibility index (Phi) is 6.81. The molecule has 2 bridgehead atoms. The van der Waals surface area contributed by atoms with Crippen molar-refractivity contribution < 1.29 is 19.1 Å². The van der Waals surface area contributed by atoms with Crippen LogP contribution in [0.1, 0.15) is 47.5 Å². The Balaban J connectivity index is 2.23. The Morgan fingerprint density at radius 1 is 1.22 bits per heavy atom. The first kappa shape index (κ1) is 21.6. The number of allylic oxidation sites excluding steroid dienone is 1. The van der Waals surface area contributed by atoms with E-state index in [9.17, 15) is 14.4 Å². The summed E-state index contributed by atoms with van der Waals surface area (Å²) < 4.78 is 5.24. The number of carbonyl (C=O) groups is 3. The maximum atomic E-state index is 13.0. The van der Waals surface area contributed by atoms with Crippen molar-refractivity contribution in [1.82, 2.24) is 15.5 Å². The van der Waals surface area contributed by atoms with Crippen molar-refractivity contribution in [2.24, 2.45) is 5.92 Å². The van der Waals surface area contributed by atoms with E-state index in [0.717, 1.165) is 0 Å². The summed E-state index contributed by atoms with van der Waals surface area (Å²) in [6.45, 7) is 10.4. The topological polar surface area (TPSA) is 87.7 Å². The van der Waals surface area contributed by atoms with Gasteiger partial charge in [-0.1, -0.05) is 26.0 Å². The Morgan fingerprint density at radius 3 is 2.48 bits per heavy atom. The second kappa shape index (κ2) is 8.52. The fourth-order valence-corrected chi connectivity index (χ4v) is 3.78. The molecule has 27 heavy (non-hydrogen) atoms. The van der Waals surface area contributed by atoms with Crippen LogP contribution >= 0.6 is 0 Å². The van der Waals surface area contributed by atoms with Crippen molar-refractivity contribution in [2.75, 3.05) is 26.2 Å². The SMILES string of the molecule is CC(C)NC12CN(C1)C(=O)OCC=CCC[C@](C)(C(=O)C(C)C)NCC2=O. The Labute approximate surface area is 161 Å².